The van der Waals surface area contributed by atoms with Gasteiger partial charge in [-0.1, -0.05) is 37.5 Å². The summed E-state index contributed by atoms with van der Waals surface area (Å²) < 4.78 is 5.96. The first kappa shape index (κ1) is 14.3. The van der Waals surface area contributed by atoms with E-state index in [9.17, 15) is 0 Å². The van der Waals surface area contributed by atoms with Gasteiger partial charge in [0.25, 0.3) is 0 Å². The predicted octanol–water partition coefficient (Wildman–Crippen LogP) is 3.88. The van der Waals surface area contributed by atoms with Crippen LogP contribution in [0.5, 0.6) is 0 Å². The third-order valence-electron chi connectivity index (χ3n) is 5.35. The number of benzene rings is 1. The Kier molecular flexibility index (Phi) is 4.17. The minimum Gasteiger partial charge on any atom is -0.460 e. The van der Waals surface area contributed by atoms with Crippen LogP contribution in [0.4, 0.5) is 0 Å². The largest absolute Gasteiger partial charge is 0.460 e. The van der Waals surface area contributed by atoms with Crippen LogP contribution in [-0.4, -0.2) is 42.0 Å². The van der Waals surface area contributed by atoms with Gasteiger partial charge in [-0.25, -0.2) is 0 Å². The lowest BCUT2D eigenvalue weighted by molar-refractivity contribution is 0.0725. The maximum atomic E-state index is 5.96. The zero-order valence-electron chi connectivity index (χ0n) is 13.3. The molecule has 0 unspecified atom stereocenters. The number of piperazine rings is 1. The average molecular weight is 298 g/mol. The van der Waals surface area contributed by atoms with Crippen molar-refractivity contribution in [3.05, 3.63) is 36.1 Å². The van der Waals surface area contributed by atoms with Crippen molar-refractivity contribution in [3.8, 4) is 0 Å². The first-order valence-electron chi connectivity index (χ1n) is 8.82. The maximum Gasteiger partial charge on any atom is 0.134 e. The summed E-state index contributed by atoms with van der Waals surface area (Å²) in [5.74, 6) is 1.10. The highest BCUT2D eigenvalue weighted by molar-refractivity contribution is 5.77. The molecule has 22 heavy (non-hydrogen) atoms. The molecule has 1 saturated carbocycles. The summed E-state index contributed by atoms with van der Waals surface area (Å²) in [6.07, 6.45) is 7.16. The monoisotopic (exact) mass is 298 g/mol. The number of rotatable bonds is 3. The lowest BCUT2D eigenvalue weighted by atomic mass is 9.94. The van der Waals surface area contributed by atoms with Gasteiger partial charge in [0.15, 0.2) is 0 Å². The van der Waals surface area contributed by atoms with Crippen LogP contribution < -0.4 is 0 Å². The van der Waals surface area contributed by atoms with E-state index < -0.39 is 0 Å². The fourth-order valence-corrected chi connectivity index (χ4v) is 4.07. The molecule has 0 radical (unpaired) electrons. The van der Waals surface area contributed by atoms with Crippen molar-refractivity contribution in [2.24, 2.45) is 0 Å². The maximum absolute atomic E-state index is 5.96. The minimum absolute atomic E-state index is 0.863. The van der Waals surface area contributed by atoms with E-state index in [0.717, 1.165) is 23.9 Å². The van der Waals surface area contributed by atoms with E-state index in [2.05, 4.69) is 34.1 Å². The van der Waals surface area contributed by atoms with E-state index in [-0.39, 0.29) is 0 Å². The third kappa shape index (κ3) is 3.06. The Morgan fingerprint density at radius 3 is 2.50 bits per heavy atom. The molecule has 1 aromatic carbocycles. The van der Waals surface area contributed by atoms with E-state index in [1.54, 1.807) is 0 Å². The molecule has 1 aliphatic heterocycles. The number of furan rings is 1. The Labute approximate surface area is 132 Å². The topological polar surface area (TPSA) is 19.6 Å². The smallest absolute Gasteiger partial charge is 0.134 e. The zero-order chi connectivity index (χ0) is 14.8. The summed E-state index contributed by atoms with van der Waals surface area (Å²) in [6, 6.07) is 11.4. The van der Waals surface area contributed by atoms with E-state index in [1.807, 2.05) is 6.07 Å². The Morgan fingerprint density at radius 2 is 1.73 bits per heavy atom. The van der Waals surface area contributed by atoms with Crippen molar-refractivity contribution >= 4 is 11.0 Å². The van der Waals surface area contributed by atoms with Gasteiger partial charge in [0.05, 0.1) is 6.54 Å². The van der Waals surface area contributed by atoms with Gasteiger partial charge in [0.2, 0.25) is 0 Å². The Bertz CT molecular complexity index is 574. The number of nitrogens with zero attached hydrogens (tertiary/aromatic N) is 2. The molecule has 0 bridgehead atoms. The average Bonchev–Trinajstić information content (AvgIpc) is 2.98. The van der Waals surface area contributed by atoms with Crippen LogP contribution in [0, 0.1) is 0 Å². The van der Waals surface area contributed by atoms with Gasteiger partial charge in [-0.3, -0.25) is 9.80 Å². The van der Waals surface area contributed by atoms with E-state index in [0.29, 0.717) is 0 Å². The molecule has 0 spiro atoms. The lowest BCUT2D eigenvalue weighted by Crippen LogP contribution is -2.50. The minimum atomic E-state index is 0.863. The summed E-state index contributed by atoms with van der Waals surface area (Å²) >= 11 is 0. The molecule has 3 nitrogen and oxygen atoms in total. The molecule has 2 fully saturated rings. The molecule has 0 atom stereocenters. The Balaban J connectivity index is 1.33. The van der Waals surface area contributed by atoms with Gasteiger partial charge in [0, 0.05) is 37.6 Å². The number of hydrogen-bond acceptors (Lipinski definition) is 3. The van der Waals surface area contributed by atoms with Crippen molar-refractivity contribution in [1.82, 2.24) is 9.80 Å². The van der Waals surface area contributed by atoms with Crippen LogP contribution in [0.15, 0.2) is 34.7 Å². The van der Waals surface area contributed by atoms with Crippen LogP contribution in [0.1, 0.15) is 37.9 Å². The summed E-state index contributed by atoms with van der Waals surface area (Å²) in [5.41, 5.74) is 1.01. The van der Waals surface area contributed by atoms with E-state index >= 15 is 0 Å². The molecule has 0 amide bonds. The molecule has 1 saturated heterocycles. The quantitative estimate of drug-likeness (QED) is 0.857. The van der Waals surface area contributed by atoms with Gasteiger partial charge in [-0.05, 0) is 25.0 Å². The van der Waals surface area contributed by atoms with Crippen LogP contribution in [0.2, 0.25) is 0 Å². The van der Waals surface area contributed by atoms with E-state index in [1.165, 1.54) is 63.7 Å². The molecule has 1 aromatic heterocycles. The number of para-hydroxylation sites is 1. The first-order valence-corrected chi connectivity index (χ1v) is 8.82. The van der Waals surface area contributed by atoms with Crippen molar-refractivity contribution in [3.63, 3.8) is 0 Å². The fraction of sp³-hybridized carbons (Fsp3) is 0.579. The molecule has 2 aromatic rings. The van der Waals surface area contributed by atoms with Gasteiger partial charge in [-0.15, -0.1) is 0 Å². The Hall–Kier alpha value is -1.32. The normalized spacial score (nSPS) is 22.4. The number of fused-ring (bicyclic) bond motifs is 1. The standard InChI is InChI=1S/C19H26N2O/c1-2-7-17(8-3-1)21-12-10-20(11-13-21)15-18-14-16-6-4-5-9-19(16)22-18/h4-6,9,14,17H,1-3,7-8,10-13,15H2. The number of hydrogen-bond donors (Lipinski definition) is 0. The molecule has 4 rings (SSSR count). The van der Waals surface area contributed by atoms with Crippen molar-refractivity contribution in [2.75, 3.05) is 26.2 Å². The highest BCUT2D eigenvalue weighted by Gasteiger charge is 2.25. The molecule has 118 valence electrons. The van der Waals surface area contributed by atoms with Crippen molar-refractivity contribution in [1.29, 1.82) is 0 Å². The van der Waals surface area contributed by atoms with Crippen LogP contribution in [-0.2, 0) is 6.54 Å². The molecule has 1 aliphatic carbocycles. The summed E-state index contributed by atoms with van der Waals surface area (Å²) in [5, 5.41) is 1.22. The molecular weight excluding hydrogens is 272 g/mol. The fourth-order valence-electron chi connectivity index (χ4n) is 4.07. The highest BCUT2D eigenvalue weighted by Crippen LogP contribution is 2.24. The van der Waals surface area contributed by atoms with Gasteiger partial charge < -0.3 is 4.42 Å². The molecule has 2 aliphatic rings. The first-order chi connectivity index (χ1) is 10.9. The second-order valence-electron chi connectivity index (χ2n) is 6.85. The zero-order valence-corrected chi connectivity index (χ0v) is 13.3. The van der Waals surface area contributed by atoms with E-state index in [4.69, 9.17) is 4.42 Å². The van der Waals surface area contributed by atoms with Crippen LogP contribution in [0.25, 0.3) is 11.0 Å². The van der Waals surface area contributed by atoms with Crippen LogP contribution in [0.3, 0.4) is 0 Å². The second-order valence-corrected chi connectivity index (χ2v) is 6.85. The summed E-state index contributed by atoms with van der Waals surface area (Å²) in [6.45, 7) is 5.75. The second kappa shape index (κ2) is 6.43. The SMILES string of the molecule is c1ccc2oc(CN3CCN(C4CCCCC4)CC3)cc2c1. The molecular formula is C19H26N2O. The highest BCUT2D eigenvalue weighted by atomic mass is 16.3. The summed E-state index contributed by atoms with van der Waals surface area (Å²) in [7, 11) is 0. The van der Waals surface area contributed by atoms with Crippen molar-refractivity contribution < 1.29 is 4.42 Å². The summed E-state index contributed by atoms with van der Waals surface area (Å²) in [4.78, 5) is 5.27. The predicted molar refractivity (Wildman–Crippen MR) is 89.9 cm³/mol. The molecule has 0 N–H and O–H groups in total. The lowest BCUT2D eigenvalue weighted by Gasteiger charge is -2.40. The molecule has 3 heteroatoms. The van der Waals surface area contributed by atoms with Gasteiger partial charge in [-0.2, -0.15) is 0 Å². The van der Waals surface area contributed by atoms with Gasteiger partial charge >= 0.3 is 0 Å². The van der Waals surface area contributed by atoms with Crippen molar-refractivity contribution in [2.45, 2.75) is 44.7 Å². The molecule has 2 heterocycles. The Morgan fingerprint density at radius 1 is 0.955 bits per heavy atom. The van der Waals surface area contributed by atoms with Gasteiger partial charge in [0.1, 0.15) is 11.3 Å². The van der Waals surface area contributed by atoms with Crippen LogP contribution >= 0.6 is 0 Å². The third-order valence-corrected chi connectivity index (χ3v) is 5.35.